The van der Waals surface area contributed by atoms with Crippen LogP contribution in [0.15, 0.2) is 58.5 Å². The Hall–Kier alpha value is -3.33. The van der Waals surface area contributed by atoms with Gasteiger partial charge in [0.2, 0.25) is 5.91 Å². The Labute approximate surface area is 202 Å². The predicted octanol–water partition coefficient (Wildman–Crippen LogP) is 4.61. The number of rotatable bonds is 8. The Morgan fingerprint density at radius 1 is 1.29 bits per heavy atom. The van der Waals surface area contributed by atoms with Crippen molar-refractivity contribution in [1.29, 1.82) is 0 Å². The van der Waals surface area contributed by atoms with Crippen molar-refractivity contribution in [3.63, 3.8) is 0 Å². The molecule has 0 spiro atoms. The van der Waals surface area contributed by atoms with E-state index in [1.165, 1.54) is 28.2 Å². The van der Waals surface area contributed by atoms with Crippen LogP contribution in [0.3, 0.4) is 0 Å². The molecule has 0 aliphatic carbocycles. The second kappa shape index (κ2) is 10.7. The van der Waals surface area contributed by atoms with Crippen molar-refractivity contribution in [2.75, 3.05) is 19.7 Å². The number of halogens is 1. The van der Waals surface area contributed by atoms with Crippen molar-refractivity contribution in [3.8, 4) is 5.75 Å². The quantitative estimate of drug-likeness (QED) is 0.506. The minimum atomic E-state index is -0.380. The zero-order valence-corrected chi connectivity index (χ0v) is 20.0. The van der Waals surface area contributed by atoms with Gasteiger partial charge in [0.05, 0.1) is 18.8 Å². The van der Waals surface area contributed by atoms with Gasteiger partial charge < -0.3 is 24.3 Å². The summed E-state index contributed by atoms with van der Waals surface area (Å²) in [7, 11) is 0. The van der Waals surface area contributed by atoms with E-state index >= 15 is 0 Å². The van der Waals surface area contributed by atoms with Gasteiger partial charge in [-0.15, -0.1) is 11.3 Å². The zero-order chi connectivity index (χ0) is 24.1. The molecule has 4 rings (SSSR count). The number of furan rings is 1. The molecular weight excluding hydrogens is 457 g/mol. The molecular formula is C25H28FN3O4S. The average Bonchev–Trinajstić information content (AvgIpc) is 3.48. The summed E-state index contributed by atoms with van der Waals surface area (Å²) in [4.78, 5) is 30.7. The molecule has 3 aromatic rings. The maximum atomic E-state index is 13.6. The lowest BCUT2D eigenvalue weighted by Gasteiger charge is -2.37. The molecule has 1 N–H and O–H groups in total. The molecule has 9 heteroatoms. The third-order valence-electron chi connectivity index (χ3n) is 5.57. The SMILES string of the molecule is CC(C)NC(=O)N(CC(=O)N1CCc2sccc2C1COc1cccc(F)c1)Cc1ccco1. The Bertz CT molecular complexity index is 1120. The number of benzene rings is 1. The first-order chi connectivity index (χ1) is 16.4. The number of nitrogens with one attached hydrogen (secondary N) is 1. The second-order valence-corrected chi connectivity index (χ2v) is 9.46. The van der Waals surface area contributed by atoms with E-state index < -0.39 is 0 Å². The Morgan fingerprint density at radius 2 is 2.15 bits per heavy atom. The predicted molar refractivity (Wildman–Crippen MR) is 127 cm³/mol. The summed E-state index contributed by atoms with van der Waals surface area (Å²) >= 11 is 1.65. The van der Waals surface area contributed by atoms with E-state index in [9.17, 15) is 14.0 Å². The lowest BCUT2D eigenvalue weighted by atomic mass is 10.0. The molecule has 1 atom stereocenters. The van der Waals surface area contributed by atoms with Crippen molar-refractivity contribution in [2.24, 2.45) is 0 Å². The summed E-state index contributed by atoms with van der Waals surface area (Å²) in [5, 5.41) is 4.86. The number of carbonyl (C=O) groups excluding carboxylic acids is 2. The van der Waals surface area contributed by atoms with Crippen LogP contribution in [0.5, 0.6) is 5.75 Å². The largest absolute Gasteiger partial charge is 0.491 e. The van der Waals surface area contributed by atoms with Gasteiger partial charge in [-0.3, -0.25) is 4.79 Å². The summed E-state index contributed by atoms with van der Waals surface area (Å²) in [5.74, 6) is 0.437. The fourth-order valence-corrected chi connectivity index (χ4v) is 4.92. The van der Waals surface area contributed by atoms with Crippen LogP contribution in [0.4, 0.5) is 9.18 Å². The van der Waals surface area contributed by atoms with Crippen LogP contribution >= 0.6 is 11.3 Å². The van der Waals surface area contributed by atoms with E-state index in [0.717, 1.165) is 12.0 Å². The molecule has 2 aromatic heterocycles. The maximum Gasteiger partial charge on any atom is 0.318 e. The van der Waals surface area contributed by atoms with Gasteiger partial charge >= 0.3 is 6.03 Å². The van der Waals surface area contributed by atoms with Crippen molar-refractivity contribution in [1.82, 2.24) is 15.1 Å². The Kier molecular flexibility index (Phi) is 7.52. The fraction of sp³-hybridized carbons (Fsp3) is 0.360. The van der Waals surface area contributed by atoms with E-state index in [1.54, 1.807) is 40.5 Å². The molecule has 0 bridgehead atoms. The number of urea groups is 1. The highest BCUT2D eigenvalue weighted by Gasteiger charge is 2.33. The van der Waals surface area contributed by atoms with E-state index in [2.05, 4.69) is 5.32 Å². The molecule has 1 aliphatic rings. The molecule has 3 heterocycles. The summed E-state index contributed by atoms with van der Waals surface area (Å²) < 4.78 is 24.9. The second-order valence-electron chi connectivity index (χ2n) is 8.46. The topological polar surface area (TPSA) is 75.0 Å². The first kappa shape index (κ1) is 23.8. The van der Waals surface area contributed by atoms with E-state index in [-0.39, 0.29) is 49.5 Å². The highest BCUT2D eigenvalue weighted by molar-refractivity contribution is 7.10. The maximum absolute atomic E-state index is 13.6. The Morgan fingerprint density at radius 3 is 2.88 bits per heavy atom. The van der Waals surface area contributed by atoms with Gasteiger partial charge in [0.25, 0.3) is 0 Å². The smallest absolute Gasteiger partial charge is 0.318 e. The van der Waals surface area contributed by atoms with Gasteiger partial charge in [-0.1, -0.05) is 6.07 Å². The normalized spacial score (nSPS) is 15.2. The number of hydrogen-bond acceptors (Lipinski definition) is 5. The standard InChI is InChI=1S/C25H28FN3O4S/c1-17(2)27-25(31)28(14-20-7-4-11-32-20)15-24(30)29-10-8-23-21(9-12-34-23)22(29)16-33-19-6-3-5-18(26)13-19/h3-7,9,11-13,17,22H,8,10,14-16H2,1-2H3,(H,27,31). The van der Waals surface area contributed by atoms with Gasteiger partial charge in [-0.05, 0) is 61.5 Å². The molecule has 180 valence electrons. The number of fused-ring (bicyclic) bond motifs is 1. The number of nitrogens with zero attached hydrogens (tertiary/aromatic N) is 2. The summed E-state index contributed by atoms with van der Waals surface area (Å²) in [6.45, 7) is 4.52. The summed E-state index contributed by atoms with van der Waals surface area (Å²) in [5.41, 5.74) is 1.03. The molecule has 7 nitrogen and oxygen atoms in total. The molecule has 34 heavy (non-hydrogen) atoms. The minimum absolute atomic E-state index is 0.0718. The first-order valence-corrected chi connectivity index (χ1v) is 12.1. The number of hydrogen-bond donors (Lipinski definition) is 1. The zero-order valence-electron chi connectivity index (χ0n) is 19.2. The molecule has 0 fully saturated rings. The van der Waals surface area contributed by atoms with E-state index in [1.807, 2.05) is 25.3 Å². The molecule has 0 saturated heterocycles. The number of ether oxygens (including phenoxy) is 1. The molecule has 1 aromatic carbocycles. The lowest BCUT2D eigenvalue weighted by Crippen LogP contribution is -2.50. The first-order valence-electron chi connectivity index (χ1n) is 11.2. The highest BCUT2D eigenvalue weighted by atomic mass is 32.1. The van der Waals surface area contributed by atoms with E-state index in [4.69, 9.17) is 9.15 Å². The van der Waals surface area contributed by atoms with Crippen LogP contribution in [0, 0.1) is 5.82 Å². The fourth-order valence-electron chi connectivity index (χ4n) is 3.99. The Balaban J connectivity index is 1.51. The van der Waals surface area contributed by atoms with Crippen LogP contribution < -0.4 is 10.1 Å². The third kappa shape index (κ3) is 5.77. The van der Waals surface area contributed by atoms with Gasteiger partial charge in [0, 0.05) is 23.5 Å². The van der Waals surface area contributed by atoms with Crippen molar-refractivity contribution < 1.29 is 23.1 Å². The van der Waals surface area contributed by atoms with Crippen molar-refractivity contribution in [2.45, 2.75) is 38.9 Å². The summed E-state index contributed by atoms with van der Waals surface area (Å²) in [6, 6.07) is 10.7. The van der Waals surface area contributed by atoms with Gasteiger partial charge in [-0.2, -0.15) is 0 Å². The van der Waals surface area contributed by atoms with Gasteiger partial charge in [-0.25, -0.2) is 9.18 Å². The van der Waals surface area contributed by atoms with Gasteiger partial charge in [0.15, 0.2) is 0 Å². The molecule has 1 unspecified atom stereocenters. The summed E-state index contributed by atoms with van der Waals surface area (Å²) in [6.07, 6.45) is 2.28. The van der Waals surface area contributed by atoms with Crippen molar-refractivity contribution in [3.05, 3.63) is 76.1 Å². The minimum Gasteiger partial charge on any atom is -0.491 e. The highest BCUT2D eigenvalue weighted by Crippen LogP contribution is 2.34. The van der Waals surface area contributed by atoms with Crippen LogP contribution in [-0.4, -0.2) is 47.5 Å². The van der Waals surface area contributed by atoms with E-state index in [0.29, 0.717) is 18.1 Å². The number of amides is 3. The van der Waals surface area contributed by atoms with Crippen LogP contribution in [-0.2, 0) is 17.8 Å². The number of carbonyl (C=O) groups is 2. The molecule has 3 amide bonds. The molecule has 1 aliphatic heterocycles. The third-order valence-corrected chi connectivity index (χ3v) is 6.57. The van der Waals surface area contributed by atoms with Gasteiger partial charge in [0.1, 0.15) is 30.5 Å². The average molecular weight is 486 g/mol. The van der Waals surface area contributed by atoms with Crippen molar-refractivity contribution >= 4 is 23.3 Å². The monoisotopic (exact) mass is 485 g/mol. The lowest BCUT2D eigenvalue weighted by molar-refractivity contribution is -0.135. The number of thiophene rings is 1. The molecule has 0 saturated carbocycles. The van der Waals surface area contributed by atoms with Crippen LogP contribution in [0.2, 0.25) is 0 Å². The van der Waals surface area contributed by atoms with Crippen LogP contribution in [0.25, 0.3) is 0 Å². The van der Waals surface area contributed by atoms with Crippen LogP contribution in [0.1, 0.15) is 36.1 Å². The molecule has 0 radical (unpaired) electrons.